The van der Waals surface area contributed by atoms with Crippen LogP contribution < -0.4 is 0 Å². The molecule has 1 aromatic carbocycles. The summed E-state index contributed by atoms with van der Waals surface area (Å²) in [6.07, 6.45) is 0.789. The molecule has 0 saturated heterocycles. The monoisotopic (exact) mass is 302 g/mol. The van der Waals surface area contributed by atoms with Gasteiger partial charge >= 0.3 is 5.97 Å². The third-order valence-corrected chi connectivity index (χ3v) is 3.03. The van der Waals surface area contributed by atoms with Crippen molar-refractivity contribution in [1.82, 2.24) is 0 Å². The van der Waals surface area contributed by atoms with Gasteiger partial charge in [0.05, 0.1) is 11.8 Å². The number of aliphatic hydroxyl groups excluding tert-OH is 1. The molecule has 0 unspecified atom stereocenters. The third kappa shape index (κ3) is 6.65. The van der Waals surface area contributed by atoms with Crippen LogP contribution in [0.5, 0.6) is 0 Å². The average molecular weight is 302 g/mol. The zero-order valence-electron chi connectivity index (χ0n) is 11.2. The van der Waals surface area contributed by atoms with Crippen LogP contribution >= 0.6 is 0 Å². The summed E-state index contributed by atoms with van der Waals surface area (Å²) < 4.78 is 32.0. The van der Waals surface area contributed by atoms with Crippen molar-refractivity contribution in [2.75, 3.05) is 19.5 Å². The van der Waals surface area contributed by atoms with Gasteiger partial charge in [0.25, 0.3) is 10.1 Å². The van der Waals surface area contributed by atoms with E-state index in [9.17, 15) is 13.2 Å². The minimum Gasteiger partial charge on any atom is -0.459 e. The van der Waals surface area contributed by atoms with Gasteiger partial charge in [0.2, 0.25) is 0 Å². The summed E-state index contributed by atoms with van der Waals surface area (Å²) in [7, 11) is -3.64. The van der Waals surface area contributed by atoms with Gasteiger partial charge in [-0.3, -0.25) is 4.18 Å². The first-order valence-corrected chi connectivity index (χ1v) is 7.95. The zero-order chi connectivity index (χ0) is 15.0. The van der Waals surface area contributed by atoms with Crippen LogP contribution in [-0.4, -0.2) is 45.1 Å². The van der Waals surface area contributed by atoms with Crippen molar-refractivity contribution in [3.63, 3.8) is 0 Å². The lowest BCUT2D eigenvalue weighted by Gasteiger charge is -2.15. The Morgan fingerprint density at radius 1 is 1.30 bits per heavy atom. The van der Waals surface area contributed by atoms with E-state index in [-0.39, 0.29) is 19.6 Å². The lowest BCUT2D eigenvalue weighted by atomic mass is 10.2. The third-order valence-electron chi connectivity index (χ3n) is 2.40. The molecule has 0 aliphatic heterocycles. The number of carbonyl (C=O) groups excluding carboxylic acids is 1. The fourth-order valence-corrected chi connectivity index (χ4v) is 2.20. The minimum absolute atomic E-state index is 0.0871. The van der Waals surface area contributed by atoms with Crippen LogP contribution in [0.1, 0.15) is 23.2 Å². The van der Waals surface area contributed by atoms with Crippen LogP contribution in [0, 0.1) is 0 Å². The van der Waals surface area contributed by atoms with Crippen molar-refractivity contribution in [3.05, 3.63) is 35.9 Å². The Kier molecular flexibility index (Phi) is 6.63. The van der Waals surface area contributed by atoms with Gasteiger partial charge < -0.3 is 9.84 Å². The van der Waals surface area contributed by atoms with E-state index in [1.165, 1.54) is 0 Å². The van der Waals surface area contributed by atoms with E-state index in [0.29, 0.717) is 12.0 Å². The first kappa shape index (κ1) is 16.6. The molecule has 6 nitrogen and oxygen atoms in total. The second kappa shape index (κ2) is 7.98. The summed E-state index contributed by atoms with van der Waals surface area (Å²) >= 11 is 0. The Labute approximate surface area is 118 Å². The molecule has 1 atom stereocenters. The Morgan fingerprint density at radius 3 is 2.50 bits per heavy atom. The molecule has 0 saturated carbocycles. The normalized spacial score (nSPS) is 12.9. The highest BCUT2D eigenvalue weighted by atomic mass is 32.2. The molecule has 0 fully saturated rings. The van der Waals surface area contributed by atoms with Gasteiger partial charge in [0, 0.05) is 6.61 Å². The van der Waals surface area contributed by atoms with Crippen LogP contribution in [0.3, 0.4) is 0 Å². The van der Waals surface area contributed by atoms with E-state index in [2.05, 4.69) is 0 Å². The van der Waals surface area contributed by atoms with Crippen molar-refractivity contribution < 1.29 is 27.2 Å². The van der Waals surface area contributed by atoms with Gasteiger partial charge in [-0.05, 0) is 25.0 Å². The molecule has 112 valence electrons. The Bertz CT molecular complexity index is 511. The molecule has 0 radical (unpaired) electrons. The fourth-order valence-electron chi connectivity index (χ4n) is 1.55. The van der Waals surface area contributed by atoms with Crippen LogP contribution in [0.15, 0.2) is 30.3 Å². The number of aliphatic hydroxyl groups is 1. The van der Waals surface area contributed by atoms with E-state index < -0.39 is 22.2 Å². The predicted octanol–water partition coefficient (Wildman–Crippen LogP) is 0.961. The van der Waals surface area contributed by atoms with E-state index in [1.54, 1.807) is 30.3 Å². The molecule has 0 heterocycles. The zero-order valence-corrected chi connectivity index (χ0v) is 12.0. The minimum atomic E-state index is -3.64. The Morgan fingerprint density at radius 2 is 1.95 bits per heavy atom. The Balaban J connectivity index is 2.55. The van der Waals surface area contributed by atoms with Crippen molar-refractivity contribution in [2.24, 2.45) is 0 Å². The summed E-state index contributed by atoms with van der Waals surface area (Å²) in [5.74, 6) is -0.545. The van der Waals surface area contributed by atoms with Crippen molar-refractivity contribution in [1.29, 1.82) is 0 Å². The molecule has 20 heavy (non-hydrogen) atoms. The molecule has 0 aliphatic carbocycles. The molecule has 0 amide bonds. The van der Waals surface area contributed by atoms with Crippen molar-refractivity contribution in [3.8, 4) is 0 Å². The number of hydrogen-bond donors (Lipinski definition) is 1. The molecular weight excluding hydrogens is 284 g/mol. The molecule has 0 bridgehead atoms. The van der Waals surface area contributed by atoms with E-state index in [1.807, 2.05) is 0 Å². The smallest absolute Gasteiger partial charge is 0.338 e. The second-order valence-corrected chi connectivity index (χ2v) is 5.85. The number of rotatable bonds is 8. The maximum absolute atomic E-state index is 11.7. The molecular formula is C13H18O6S. The SMILES string of the molecule is CS(=O)(=O)O[C@@H](CCCO)COC(=O)c1ccccc1. The first-order chi connectivity index (χ1) is 9.42. The quantitative estimate of drug-likeness (QED) is 0.568. The summed E-state index contributed by atoms with van der Waals surface area (Å²) in [6, 6.07) is 8.37. The summed E-state index contributed by atoms with van der Waals surface area (Å²) in [5.41, 5.74) is 0.382. The number of benzene rings is 1. The van der Waals surface area contributed by atoms with Crippen LogP contribution in [0.4, 0.5) is 0 Å². The molecule has 7 heteroatoms. The second-order valence-electron chi connectivity index (χ2n) is 4.25. The number of ether oxygens (including phenoxy) is 1. The molecule has 1 N–H and O–H groups in total. The van der Waals surface area contributed by atoms with Crippen molar-refractivity contribution in [2.45, 2.75) is 18.9 Å². The topological polar surface area (TPSA) is 89.9 Å². The molecule has 0 aromatic heterocycles. The number of esters is 1. The lowest BCUT2D eigenvalue weighted by molar-refractivity contribution is 0.0298. The van der Waals surface area contributed by atoms with Gasteiger partial charge in [-0.15, -0.1) is 0 Å². The van der Waals surface area contributed by atoms with E-state index >= 15 is 0 Å². The average Bonchev–Trinajstić information content (AvgIpc) is 2.41. The van der Waals surface area contributed by atoms with Crippen LogP contribution in [0.2, 0.25) is 0 Å². The molecule has 0 aliphatic rings. The highest BCUT2D eigenvalue weighted by Gasteiger charge is 2.18. The van der Waals surface area contributed by atoms with Gasteiger partial charge in [0.15, 0.2) is 0 Å². The van der Waals surface area contributed by atoms with E-state index in [0.717, 1.165) is 6.26 Å². The lowest BCUT2D eigenvalue weighted by Crippen LogP contribution is -2.25. The summed E-state index contributed by atoms with van der Waals surface area (Å²) in [4.78, 5) is 11.7. The van der Waals surface area contributed by atoms with Gasteiger partial charge in [-0.2, -0.15) is 8.42 Å². The van der Waals surface area contributed by atoms with Gasteiger partial charge in [-0.1, -0.05) is 18.2 Å². The summed E-state index contributed by atoms with van der Waals surface area (Å²) in [5, 5.41) is 8.76. The van der Waals surface area contributed by atoms with Crippen LogP contribution in [0.25, 0.3) is 0 Å². The summed E-state index contributed by atoms with van der Waals surface area (Å²) in [6.45, 7) is -0.267. The highest BCUT2D eigenvalue weighted by molar-refractivity contribution is 7.86. The largest absolute Gasteiger partial charge is 0.459 e. The van der Waals surface area contributed by atoms with Crippen molar-refractivity contribution >= 4 is 16.1 Å². The first-order valence-electron chi connectivity index (χ1n) is 6.13. The fraction of sp³-hybridized carbons (Fsp3) is 0.462. The highest BCUT2D eigenvalue weighted by Crippen LogP contribution is 2.09. The standard InChI is InChI=1S/C13H18O6S/c1-20(16,17)19-12(8-5-9-14)10-18-13(15)11-6-3-2-4-7-11/h2-4,6-7,12,14H,5,8-10H2,1H3/t12-/m0/s1. The molecule has 0 spiro atoms. The van der Waals surface area contributed by atoms with E-state index in [4.69, 9.17) is 14.0 Å². The molecule has 1 aromatic rings. The van der Waals surface area contributed by atoms with Crippen LogP contribution in [-0.2, 0) is 19.0 Å². The predicted molar refractivity (Wildman–Crippen MR) is 72.8 cm³/mol. The number of hydrogen-bond acceptors (Lipinski definition) is 6. The maximum atomic E-state index is 11.7. The maximum Gasteiger partial charge on any atom is 0.338 e. The van der Waals surface area contributed by atoms with Gasteiger partial charge in [-0.25, -0.2) is 4.79 Å². The van der Waals surface area contributed by atoms with Gasteiger partial charge in [0.1, 0.15) is 12.7 Å². The molecule has 1 rings (SSSR count). The Hall–Kier alpha value is -1.44. The number of carbonyl (C=O) groups is 1.